The van der Waals surface area contributed by atoms with Gasteiger partial charge in [-0.2, -0.15) is 13.2 Å². The number of aromatic nitrogens is 1. The van der Waals surface area contributed by atoms with Crippen LogP contribution in [0.1, 0.15) is 33.8 Å². The van der Waals surface area contributed by atoms with Gasteiger partial charge in [0.25, 0.3) is 11.7 Å². The van der Waals surface area contributed by atoms with Crippen molar-refractivity contribution in [1.82, 2.24) is 10.1 Å². The van der Waals surface area contributed by atoms with Crippen LogP contribution in [0.2, 0.25) is 0 Å². The highest BCUT2D eigenvalue weighted by molar-refractivity contribution is 7.17. The minimum Gasteiger partial charge on any atom is -0.351 e. The van der Waals surface area contributed by atoms with E-state index in [1.165, 1.54) is 6.92 Å². The van der Waals surface area contributed by atoms with Crippen molar-refractivity contribution in [1.29, 1.82) is 0 Å². The molecule has 0 saturated carbocycles. The van der Waals surface area contributed by atoms with Crippen LogP contribution in [0.25, 0.3) is 10.6 Å². The molecule has 0 atom stereocenters. The summed E-state index contributed by atoms with van der Waals surface area (Å²) in [6, 6.07) is 3.14. The number of carbonyl (C=O) groups is 1. The molecule has 9 heteroatoms. The summed E-state index contributed by atoms with van der Waals surface area (Å²) in [6.45, 7) is 2.15. The van der Waals surface area contributed by atoms with Gasteiger partial charge in [-0.1, -0.05) is 5.16 Å². The summed E-state index contributed by atoms with van der Waals surface area (Å²) >= 11 is 1.08. The van der Waals surface area contributed by atoms with E-state index in [1.54, 1.807) is 17.0 Å². The number of ketones is 1. The third-order valence-electron chi connectivity index (χ3n) is 3.86. The minimum atomic E-state index is -4.60. The number of amides is 1. The van der Waals surface area contributed by atoms with Crippen molar-refractivity contribution in [2.45, 2.75) is 25.9 Å². The Labute approximate surface area is 139 Å². The first-order chi connectivity index (χ1) is 11.3. The second kappa shape index (κ2) is 6.04. The average Bonchev–Trinajstić information content (AvgIpc) is 3.13. The number of hydrogen-bond acceptors (Lipinski definition) is 4. The van der Waals surface area contributed by atoms with Crippen LogP contribution < -0.4 is 0 Å². The molecule has 1 fully saturated rings. The summed E-state index contributed by atoms with van der Waals surface area (Å²) in [7, 11) is 0. The molecule has 1 amide bonds. The van der Waals surface area contributed by atoms with Gasteiger partial charge in [-0.15, -0.1) is 11.3 Å². The Morgan fingerprint density at radius 3 is 2.58 bits per heavy atom. The Morgan fingerprint density at radius 2 is 2.00 bits per heavy atom. The molecule has 1 saturated heterocycles. The van der Waals surface area contributed by atoms with Gasteiger partial charge in [0.15, 0.2) is 0 Å². The van der Waals surface area contributed by atoms with Gasteiger partial charge in [0.2, 0.25) is 5.76 Å². The lowest BCUT2D eigenvalue weighted by atomic mass is 10.1. The molecule has 128 valence electrons. The number of alkyl halides is 3. The predicted octanol–water partition coefficient (Wildman–Crippen LogP) is 3.51. The Kier molecular flexibility index (Phi) is 4.20. The minimum absolute atomic E-state index is 0.0935. The Morgan fingerprint density at radius 1 is 1.33 bits per heavy atom. The standard InChI is InChI=1S/C15H13F3N2O3S/c1-8-12(19-23-13(8)15(16,17)18)10-2-3-11(24-10)14(22)20-6-4-9(21)5-7-20/h2-3H,4-7H2,1H3/p+1. The number of hydrogen-bond donors (Lipinski definition) is 0. The van der Waals surface area contributed by atoms with Gasteiger partial charge in [-0.3, -0.25) is 9.59 Å². The molecule has 2 aromatic heterocycles. The third-order valence-corrected chi connectivity index (χ3v) is 4.94. The molecule has 1 aliphatic rings. The number of piperidine rings is 1. The molecule has 24 heavy (non-hydrogen) atoms. The highest BCUT2D eigenvalue weighted by Crippen LogP contribution is 2.38. The molecule has 1 aliphatic heterocycles. The average molecular weight is 359 g/mol. The van der Waals surface area contributed by atoms with E-state index in [4.69, 9.17) is 0 Å². The van der Waals surface area contributed by atoms with Gasteiger partial charge in [0.05, 0.1) is 22.6 Å². The predicted molar refractivity (Wildman–Crippen MR) is 81.6 cm³/mol. The molecular formula is C15H14F3N2O3S+. The van der Waals surface area contributed by atoms with Gasteiger partial charge >= 0.3 is 6.18 Å². The normalized spacial score (nSPS) is 15.8. The van der Waals surface area contributed by atoms with Crippen LogP contribution in [0.4, 0.5) is 13.2 Å². The van der Waals surface area contributed by atoms with E-state index < -0.39 is 11.9 Å². The molecule has 0 spiro atoms. The number of rotatable bonds is 2. The summed E-state index contributed by atoms with van der Waals surface area (Å²) in [4.78, 5) is 24.3. The SMILES string of the molecule is Cc1c(-c2ccc(C(=O)N3CCC(=[OH+])CC3)s2)noc1C(F)(F)F. The van der Waals surface area contributed by atoms with Crippen molar-refractivity contribution >= 4 is 23.0 Å². The van der Waals surface area contributed by atoms with Gasteiger partial charge in [0, 0.05) is 18.7 Å². The molecule has 0 unspecified atom stereocenters. The molecule has 3 heterocycles. The number of thiophene rings is 1. The molecule has 1 N–H and O–H groups in total. The maximum absolute atomic E-state index is 12.8. The Balaban J connectivity index is 1.82. The fourth-order valence-electron chi connectivity index (χ4n) is 2.53. The van der Waals surface area contributed by atoms with Crippen molar-refractivity contribution in [2.24, 2.45) is 0 Å². The van der Waals surface area contributed by atoms with Crippen molar-refractivity contribution in [3.63, 3.8) is 0 Å². The molecular weight excluding hydrogens is 345 g/mol. The zero-order valence-electron chi connectivity index (χ0n) is 12.7. The number of carbonyl (C=O) groups excluding carboxylic acids is 2. The Hall–Kier alpha value is -2.16. The van der Waals surface area contributed by atoms with E-state index in [1.807, 2.05) is 0 Å². The summed E-state index contributed by atoms with van der Waals surface area (Å²) in [6.07, 6.45) is -3.71. The molecule has 0 radical (unpaired) electrons. The topological polar surface area (TPSA) is 67.7 Å². The largest absolute Gasteiger partial charge is 0.452 e. The van der Waals surface area contributed by atoms with E-state index in [0.29, 0.717) is 41.5 Å². The van der Waals surface area contributed by atoms with E-state index >= 15 is 0 Å². The van der Waals surface area contributed by atoms with Crippen LogP contribution in [0.3, 0.4) is 0 Å². The van der Waals surface area contributed by atoms with Gasteiger partial charge in [-0.05, 0) is 19.1 Å². The van der Waals surface area contributed by atoms with Crippen molar-refractivity contribution in [3.05, 3.63) is 28.3 Å². The van der Waals surface area contributed by atoms with Crippen molar-refractivity contribution < 1.29 is 27.3 Å². The molecule has 2 aromatic rings. The zero-order valence-corrected chi connectivity index (χ0v) is 13.5. The maximum Gasteiger partial charge on any atom is 0.452 e. The van der Waals surface area contributed by atoms with E-state index in [2.05, 4.69) is 9.68 Å². The van der Waals surface area contributed by atoms with Crippen LogP contribution in [-0.4, -0.2) is 39.6 Å². The molecule has 3 rings (SSSR count). The number of likely N-dealkylation sites (tertiary alicyclic amines) is 1. The third kappa shape index (κ3) is 3.08. The number of nitrogens with zero attached hydrogens (tertiary/aromatic N) is 2. The molecule has 5 nitrogen and oxygen atoms in total. The Bertz CT molecular complexity index is 784. The van der Waals surface area contributed by atoms with E-state index in [0.717, 1.165) is 11.3 Å². The van der Waals surface area contributed by atoms with Gasteiger partial charge < -0.3 is 9.42 Å². The number of halogens is 3. The monoisotopic (exact) mass is 359 g/mol. The highest BCUT2D eigenvalue weighted by atomic mass is 32.1. The second-order valence-corrected chi connectivity index (χ2v) is 6.59. The summed E-state index contributed by atoms with van der Waals surface area (Å²) < 4.78 is 42.7. The van der Waals surface area contributed by atoms with Gasteiger partial charge in [0.1, 0.15) is 5.69 Å². The first-order valence-corrected chi connectivity index (χ1v) is 8.05. The first-order valence-electron chi connectivity index (χ1n) is 7.24. The molecule has 0 bridgehead atoms. The molecule has 0 aliphatic carbocycles. The summed E-state index contributed by atoms with van der Waals surface area (Å²) in [5, 5.41) is 3.50. The fraction of sp³-hybridized carbons (Fsp3) is 0.400. The molecule has 0 aromatic carbocycles. The lowest BCUT2D eigenvalue weighted by molar-refractivity contribution is -0.156. The van der Waals surface area contributed by atoms with E-state index in [-0.39, 0.29) is 17.2 Å². The van der Waals surface area contributed by atoms with Crippen LogP contribution in [-0.2, 0) is 6.18 Å². The lowest BCUT2D eigenvalue weighted by Gasteiger charge is -2.23. The quantitative estimate of drug-likeness (QED) is 0.771. The zero-order chi connectivity index (χ0) is 17.5. The first kappa shape index (κ1) is 16.7. The van der Waals surface area contributed by atoms with Crippen LogP contribution in [0.5, 0.6) is 0 Å². The fourth-order valence-corrected chi connectivity index (χ4v) is 3.55. The summed E-state index contributed by atoms with van der Waals surface area (Å²) in [5.74, 6) is -0.944. The highest BCUT2D eigenvalue weighted by Gasteiger charge is 2.39. The van der Waals surface area contributed by atoms with Crippen molar-refractivity contribution in [2.75, 3.05) is 13.1 Å². The van der Waals surface area contributed by atoms with E-state index in [9.17, 15) is 22.8 Å². The lowest BCUT2D eigenvalue weighted by Crippen LogP contribution is -2.38. The van der Waals surface area contributed by atoms with Crippen molar-refractivity contribution in [3.8, 4) is 10.6 Å². The van der Waals surface area contributed by atoms with Crippen LogP contribution >= 0.6 is 11.3 Å². The van der Waals surface area contributed by atoms with Gasteiger partial charge in [-0.25, -0.2) is 0 Å². The summed E-state index contributed by atoms with van der Waals surface area (Å²) in [5.41, 5.74) is -0.00293. The van der Waals surface area contributed by atoms with Crippen LogP contribution in [0, 0.1) is 6.92 Å². The smallest absolute Gasteiger partial charge is 0.351 e. The second-order valence-electron chi connectivity index (χ2n) is 5.51. The van der Waals surface area contributed by atoms with Crippen LogP contribution in [0.15, 0.2) is 16.7 Å². The maximum atomic E-state index is 12.8.